The third-order valence-corrected chi connectivity index (χ3v) is 2.49. The molecule has 88 valence electrons. The number of amidine groups is 1. The third kappa shape index (κ3) is 5.07. The zero-order valence-corrected chi connectivity index (χ0v) is 10.8. The van der Waals surface area contributed by atoms with Gasteiger partial charge >= 0.3 is 0 Å². The summed E-state index contributed by atoms with van der Waals surface area (Å²) < 4.78 is 0. The van der Waals surface area contributed by atoms with Gasteiger partial charge in [-0.1, -0.05) is 23.2 Å². The lowest BCUT2D eigenvalue weighted by atomic mass is 10.1. The maximum atomic E-state index is 9.65. The van der Waals surface area contributed by atoms with Gasteiger partial charge in [0, 0.05) is 23.0 Å². The molecule has 0 aromatic heterocycles. The number of aliphatic hydroxyl groups is 1. The first-order valence-electron chi connectivity index (χ1n) is 4.62. The molecule has 0 spiro atoms. The molecule has 0 saturated heterocycles. The van der Waals surface area contributed by atoms with Gasteiger partial charge in [0.05, 0.1) is 6.10 Å². The summed E-state index contributed by atoms with van der Waals surface area (Å²) in [5.41, 5.74) is 0.859. The Morgan fingerprint density at radius 2 is 1.94 bits per heavy atom. The van der Waals surface area contributed by atoms with Gasteiger partial charge in [-0.3, -0.25) is 5.41 Å². The molecule has 0 aliphatic rings. The molecule has 6 heteroatoms. The predicted molar refractivity (Wildman–Crippen MR) is 70.9 cm³/mol. The standard InChI is InChI=1S/C10H12Cl2N2OS/c11-7-1-6(2-8(12)4-7)3-9(15)5-14-10(13)16/h1-2,4,9,15H,3,5H2,(H3,13,14,16). The molecule has 0 amide bonds. The van der Waals surface area contributed by atoms with Gasteiger partial charge in [0.25, 0.3) is 0 Å². The molecule has 1 aromatic carbocycles. The molecule has 3 N–H and O–H groups in total. The molecule has 1 rings (SSSR count). The second-order valence-corrected chi connectivity index (χ2v) is 4.69. The highest BCUT2D eigenvalue weighted by atomic mass is 35.5. The molecule has 0 aliphatic heterocycles. The van der Waals surface area contributed by atoms with Crippen molar-refractivity contribution in [2.24, 2.45) is 0 Å². The van der Waals surface area contributed by atoms with Crippen molar-refractivity contribution in [2.45, 2.75) is 12.5 Å². The monoisotopic (exact) mass is 278 g/mol. The van der Waals surface area contributed by atoms with Gasteiger partial charge in [0.2, 0.25) is 0 Å². The van der Waals surface area contributed by atoms with E-state index in [4.69, 9.17) is 28.6 Å². The number of hydrogen-bond donors (Lipinski definition) is 4. The molecule has 0 heterocycles. The summed E-state index contributed by atoms with van der Waals surface area (Å²) in [5, 5.41) is 20.4. The van der Waals surface area contributed by atoms with Crippen LogP contribution in [0.4, 0.5) is 0 Å². The van der Waals surface area contributed by atoms with Crippen LogP contribution >= 0.6 is 35.8 Å². The quantitative estimate of drug-likeness (QED) is 0.388. The number of thiol groups is 1. The largest absolute Gasteiger partial charge is 0.391 e. The molecule has 16 heavy (non-hydrogen) atoms. The first-order valence-corrected chi connectivity index (χ1v) is 5.82. The summed E-state index contributed by atoms with van der Waals surface area (Å²) in [5.74, 6) is 0. The van der Waals surface area contributed by atoms with Crippen LogP contribution in [-0.2, 0) is 6.42 Å². The molecular weight excluding hydrogens is 267 g/mol. The Balaban J connectivity index is 2.55. The summed E-state index contributed by atoms with van der Waals surface area (Å²) in [6.45, 7) is 0.270. The Kier molecular flexibility index (Phi) is 5.41. The van der Waals surface area contributed by atoms with Crippen molar-refractivity contribution in [2.75, 3.05) is 6.54 Å². The van der Waals surface area contributed by atoms with Gasteiger partial charge in [0.1, 0.15) is 0 Å². The highest BCUT2D eigenvalue weighted by Gasteiger charge is 2.07. The minimum Gasteiger partial charge on any atom is -0.391 e. The van der Waals surface area contributed by atoms with E-state index in [2.05, 4.69) is 17.9 Å². The number of aliphatic hydroxyl groups excluding tert-OH is 1. The van der Waals surface area contributed by atoms with E-state index in [0.29, 0.717) is 16.5 Å². The fraction of sp³-hybridized carbons (Fsp3) is 0.300. The fourth-order valence-corrected chi connectivity index (χ4v) is 1.95. The number of nitrogens with one attached hydrogen (secondary N) is 2. The molecule has 0 bridgehead atoms. The SMILES string of the molecule is N=C(S)NCC(O)Cc1cc(Cl)cc(Cl)c1. The average Bonchev–Trinajstić information content (AvgIpc) is 2.12. The van der Waals surface area contributed by atoms with E-state index in [0.717, 1.165) is 5.56 Å². The Morgan fingerprint density at radius 1 is 1.38 bits per heavy atom. The molecular formula is C10H12Cl2N2OS. The Morgan fingerprint density at radius 3 is 2.44 bits per heavy atom. The summed E-state index contributed by atoms with van der Waals surface area (Å²) in [7, 11) is 0. The van der Waals surface area contributed by atoms with Gasteiger partial charge < -0.3 is 10.4 Å². The van der Waals surface area contributed by atoms with Crippen LogP contribution in [0.2, 0.25) is 10.0 Å². The van der Waals surface area contributed by atoms with Crippen LogP contribution < -0.4 is 5.32 Å². The van der Waals surface area contributed by atoms with Gasteiger partial charge in [-0.25, -0.2) is 0 Å². The van der Waals surface area contributed by atoms with Crippen molar-refractivity contribution in [1.82, 2.24) is 5.32 Å². The first kappa shape index (κ1) is 13.6. The molecule has 1 atom stereocenters. The molecule has 0 fully saturated rings. The van der Waals surface area contributed by atoms with Crippen LogP contribution in [0.1, 0.15) is 5.56 Å². The normalized spacial score (nSPS) is 12.2. The van der Waals surface area contributed by atoms with E-state index < -0.39 is 6.10 Å². The Bertz CT molecular complexity index is 367. The van der Waals surface area contributed by atoms with Crippen molar-refractivity contribution >= 4 is 41.0 Å². The maximum Gasteiger partial charge on any atom is 0.150 e. The van der Waals surface area contributed by atoms with Crippen molar-refractivity contribution in [3.05, 3.63) is 33.8 Å². The topological polar surface area (TPSA) is 56.1 Å². The van der Waals surface area contributed by atoms with E-state index in [9.17, 15) is 5.11 Å². The van der Waals surface area contributed by atoms with Crippen molar-refractivity contribution in [3.63, 3.8) is 0 Å². The van der Waals surface area contributed by atoms with Crippen LogP contribution in [-0.4, -0.2) is 22.9 Å². The van der Waals surface area contributed by atoms with E-state index in [1.807, 2.05) is 0 Å². The van der Waals surface area contributed by atoms with Gasteiger partial charge in [-0.05, 0) is 23.8 Å². The number of rotatable bonds is 4. The van der Waals surface area contributed by atoms with Gasteiger partial charge in [-0.2, -0.15) is 0 Å². The number of halogens is 2. The molecule has 3 nitrogen and oxygen atoms in total. The third-order valence-electron chi connectivity index (χ3n) is 1.90. The van der Waals surface area contributed by atoms with E-state index in [1.165, 1.54) is 0 Å². The molecule has 0 saturated carbocycles. The van der Waals surface area contributed by atoms with Crippen molar-refractivity contribution in [3.8, 4) is 0 Å². The van der Waals surface area contributed by atoms with Crippen LogP contribution in [0.3, 0.4) is 0 Å². The van der Waals surface area contributed by atoms with Crippen molar-refractivity contribution < 1.29 is 5.11 Å². The van der Waals surface area contributed by atoms with E-state index >= 15 is 0 Å². The van der Waals surface area contributed by atoms with Crippen LogP contribution in [0.15, 0.2) is 18.2 Å². The second kappa shape index (κ2) is 6.35. The smallest absolute Gasteiger partial charge is 0.150 e. The Hall–Kier alpha value is -0.420. The predicted octanol–water partition coefficient (Wildman–Crippen LogP) is 2.35. The summed E-state index contributed by atoms with van der Waals surface area (Å²) in [6.07, 6.45) is -0.184. The minimum absolute atomic E-state index is 0.0307. The lowest BCUT2D eigenvalue weighted by molar-refractivity contribution is 0.178. The average molecular weight is 279 g/mol. The molecule has 0 aliphatic carbocycles. The van der Waals surface area contributed by atoms with Crippen LogP contribution in [0.25, 0.3) is 0 Å². The Labute approximate surface area is 110 Å². The second-order valence-electron chi connectivity index (χ2n) is 3.37. The lowest BCUT2D eigenvalue weighted by Crippen LogP contribution is -2.30. The minimum atomic E-state index is -0.609. The maximum absolute atomic E-state index is 9.65. The van der Waals surface area contributed by atoms with Gasteiger partial charge in [0.15, 0.2) is 5.17 Å². The van der Waals surface area contributed by atoms with Crippen molar-refractivity contribution in [1.29, 1.82) is 5.41 Å². The van der Waals surface area contributed by atoms with Crippen LogP contribution in [0.5, 0.6) is 0 Å². The number of hydrogen-bond acceptors (Lipinski definition) is 2. The lowest BCUT2D eigenvalue weighted by Gasteiger charge is -2.12. The summed E-state index contributed by atoms with van der Waals surface area (Å²) in [4.78, 5) is 0. The van der Waals surface area contributed by atoms with Crippen LogP contribution in [0, 0.1) is 5.41 Å². The van der Waals surface area contributed by atoms with E-state index in [-0.39, 0.29) is 11.7 Å². The zero-order chi connectivity index (χ0) is 12.1. The highest BCUT2D eigenvalue weighted by molar-refractivity contribution is 7.96. The zero-order valence-electron chi connectivity index (χ0n) is 8.37. The highest BCUT2D eigenvalue weighted by Crippen LogP contribution is 2.19. The molecule has 0 radical (unpaired) electrons. The summed E-state index contributed by atoms with van der Waals surface area (Å²) >= 11 is 15.4. The number of benzene rings is 1. The summed E-state index contributed by atoms with van der Waals surface area (Å²) in [6, 6.07) is 5.14. The fourth-order valence-electron chi connectivity index (χ4n) is 1.29. The molecule has 1 aromatic rings. The first-order chi connectivity index (χ1) is 7.47. The van der Waals surface area contributed by atoms with E-state index in [1.54, 1.807) is 18.2 Å². The van der Waals surface area contributed by atoms with Gasteiger partial charge in [-0.15, -0.1) is 12.6 Å². The molecule has 1 unspecified atom stereocenters.